The lowest BCUT2D eigenvalue weighted by Gasteiger charge is -2.10. The van der Waals surface area contributed by atoms with E-state index in [1.807, 2.05) is 0 Å². The third kappa shape index (κ3) is 4.83. The largest absolute Gasteiger partial charge is 0.506 e. The fraction of sp³-hybridized carbons (Fsp3) is 0. The average Bonchev–Trinajstić information content (AvgIpc) is 3.13. The second kappa shape index (κ2) is 8.48. The van der Waals surface area contributed by atoms with Crippen molar-refractivity contribution in [3.05, 3.63) is 74.5 Å². The minimum atomic E-state index is -0.663. The number of aromatic hydroxyl groups is 1. The summed E-state index contributed by atoms with van der Waals surface area (Å²) >= 11 is 17.0. The van der Waals surface area contributed by atoms with Gasteiger partial charge in [-0.05, 0) is 48.6 Å². The van der Waals surface area contributed by atoms with E-state index in [4.69, 9.17) is 39.8 Å². The van der Waals surface area contributed by atoms with Gasteiger partial charge in [0.2, 0.25) is 0 Å². The zero-order valence-electron chi connectivity index (χ0n) is 14.3. The number of thiocarbonyl (C=S) groups is 1. The first kappa shape index (κ1) is 20.6. The summed E-state index contributed by atoms with van der Waals surface area (Å²) in [6.45, 7) is 0. The average molecular weight is 452 g/mol. The Bertz CT molecular complexity index is 1130. The molecule has 3 aromatic rings. The molecule has 148 valence electrons. The van der Waals surface area contributed by atoms with Crippen LogP contribution in [-0.4, -0.2) is 21.0 Å². The van der Waals surface area contributed by atoms with Gasteiger partial charge in [-0.2, -0.15) is 0 Å². The number of phenols is 1. The highest BCUT2D eigenvalue weighted by Gasteiger charge is 2.17. The van der Waals surface area contributed by atoms with Gasteiger partial charge in [0.1, 0.15) is 11.5 Å². The maximum atomic E-state index is 12.3. The Labute approximate surface area is 179 Å². The summed E-state index contributed by atoms with van der Waals surface area (Å²) in [6, 6.07) is 11.2. The number of nitrogens with one attached hydrogen (secondary N) is 2. The Morgan fingerprint density at radius 2 is 1.90 bits per heavy atom. The third-order valence-electron chi connectivity index (χ3n) is 3.69. The topological polar surface area (TPSA) is 118 Å². The maximum Gasteiger partial charge on any atom is 0.293 e. The smallest absolute Gasteiger partial charge is 0.293 e. The second-order valence-corrected chi connectivity index (χ2v) is 6.91. The van der Waals surface area contributed by atoms with E-state index >= 15 is 0 Å². The molecule has 1 heterocycles. The molecular weight excluding hydrogens is 441 g/mol. The predicted octanol–water partition coefficient (Wildman–Crippen LogP) is 4.99. The number of amides is 1. The molecule has 3 rings (SSSR count). The second-order valence-electron chi connectivity index (χ2n) is 5.65. The Morgan fingerprint density at radius 3 is 2.59 bits per heavy atom. The lowest BCUT2D eigenvalue weighted by Crippen LogP contribution is -2.33. The number of non-ortho nitro benzene ring substituents is 1. The van der Waals surface area contributed by atoms with Crippen LogP contribution in [0, 0.1) is 10.1 Å². The molecule has 8 nitrogen and oxygen atoms in total. The van der Waals surface area contributed by atoms with E-state index in [9.17, 15) is 20.0 Å². The molecule has 0 saturated heterocycles. The summed E-state index contributed by atoms with van der Waals surface area (Å²) in [5.41, 5.74) is 0.268. The van der Waals surface area contributed by atoms with E-state index in [1.165, 1.54) is 6.07 Å². The normalized spacial score (nSPS) is 10.4. The summed E-state index contributed by atoms with van der Waals surface area (Å²) in [6.07, 6.45) is 0. The van der Waals surface area contributed by atoms with Crippen molar-refractivity contribution in [2.45, 2.75) is 0 Å². The number of rotatable bonds is 4. The summed E-state index contributed by atoms with van der Waals surface area (Å²) in [5.74, 6) is -0.626. The molecular formula is C18H11Cl2N3O5S. The number of hydrogen-bond donors (Lipinski definition) is 3. The number of nitro benzene ring substituents is 1. The monoisotopic (exact) mass is 451 g/mol. The van der Waals surface area contributed by atoms with Gasteiger partial charge >= 0.3 is 0 Å². The van der Waals surface area contributed by atoms with Crippen molar-refractivity contribution in [3.63, 3.8) is 0 Å². The van der Waals surface area contributed by atoms with Gasteiger partial charge in [0, 0.05) is 22.7 Å². The van der Waals surface area contributed by atoms with Crippen LogP contribution in [0.25, 0.3) is 11.3 Å². The van der Waals surface area contributed by atoms with Crippen molar-refractivity contribution >= 4 is 57.8 Å². The Morgan fingerprint density at radius 1 is 1.14 bits per heavy atom. The van der Waals surface area contributed by atoms with Gasteiger partial charge in [0.15, 0.2) is 10.9 Å². The fourth-order valence-corrected chi connectivity index (χ4v) is 3.05. The highest BCUT2D eigenvalue weighted by Crippen LogP contribution is 2.31. The zero-order valence-corrected chi connectivity index (χ0v) is 16.6. The molecule has 0 radical (unpaired) electrons. The molecule has 0 saturated carbocycles. The summed E-state index contributed by atoms with van der Waals surface area (Å²) in [5, 5.41) is 26.2. The molecule has 11 heteroatoms. The van der Waals surface area contributed by atoms with Crippen LogP contribution < -0.4 is 10.6 Å². The van der Waals surface area contributed by atoms with E-state index in [2.05, 4.69) is 10.6 Å². The first-order chi connectivity index (χ1) is 13.7. The number of benzene rings is 2. The molecule has 29 heavy (non-hydrogen) atoms. The Hall–Kier alpha value is -3.14. The highest BCUT2D eigenvalue weighted by molar-refractivity contribution is 7.80. The van der Waals surface area contributed by atoms with Crippen LogP contribution >= 0.6 is 35.4 Å². The molecule has 3 N–H and O–H groups in total. The van der Waals surface area contributed by atoms with E-state index in [0.29, 0.717) is 21.4 Å². The molecule has 0 aliphatic rings. The molecule has 0 unspecified atom stereocenters. The van der Waals surface area contributed by atoms with Gasteiger partial charge in [-0.3, -0.25) is 20.2 Å². The SMILES string of the molecule is O=C(NC(=S)Nc1cc([N+](=O)[O-])ccc1O)c1ccc(-c2ccc(Cl)cc2Cl)o1. The van der Waals surface area contributed by atoms with Crippen LogP contribution in [0.15, 0.2) is 52.9 Å². The van der Waals surface area contributed by atoms with Crippen LogP contribution in [0.5, 0.6) is 5.75 Å². The summed E-state index contributed by atoms with van der Waals surface area (Å²) in [4.78, 5) is 22.5. The van der Waals surface area contributed by atoms with Crippen molar-refractivity contribution in [2.75, 3.05) is 5.32 Å². The van der Waals surface area contributed by atoms with Gasteiger partial charge in [-0.1, -0.05) is 23.2 Å². The lowest BCUT2D eigenvalue weighted by molar-refractivity contribution is -0.384. The number of furan rings is 1. The van der Waals surface area contributed by atoms with Crippen molar-refractivity contribution in [1.82, 2.24) is 5.32 Å². The first-order valence-electron chi connectivity index (χ1n) is 7.89. The number of anilines is 1. The predicted molar refractivity (Wildman–Crippen MR) is 113 cm³/mol. The first-order valence-corrected chi connectivity index (χ1v) is 9.06. The standard InChI is InChI=1S/C18H11Cl2N3O5S/c19-9-1-3-11(12(20)7-9)15-5-6-16(28-15)17(25)22-18(29)21-13-8-10(23(26)27)2-4-14(13)24/h1-8,24H,(H2,21,22,25,29). The molecule has 0 aliphatic heterocycles. The van der Waals surface area contributed by atoms with E-state index in [0.717, 1.165) is 18.2 Å². The van der Waals surface area contributed by atoms with E-state index in [-0.39, 0.29) is 28.0 Å². The number of phenolic OH excluding ortho intramolecular Hbond substituents is 1. The number of carbonyl (C=O) groups is 1. The maximum absolute atomic E-state index is 12.3. The molecule has 0 spiro atoms. The molecule has 0 aliphatic carbocycles. The van der Waals surface area contributed by atoms with Gasteiger partial charge in [0.25, 0.3) is 11.6 Å². The van der Waals surface area contributed by atoms with Crippen LogP contribution in [0.1, 0.15) is 10.6 Å². The fourth-order valence-electron chi connectivity index (χ4n) is 2.35. The van der Waals surface area contributed by atoms with Gasteiger partial charge in [0.05, 0.1) is 15.6 Å². The summed E-state index contributed by atoms with van der Waals surface area (Å²) in [7, 11) is 0. The van der Waals surface area contributed by atoms with E-state index in [1.54, 1.807) is 24.3 Å². The minimum Gasteiger partial charge on any atom is -0.506 e. The highest BCUT2D eigenvalue weighted by atomic mass is 35.5. The molecule has 2 aromatic carbocycles. The van der Waals surface area contributed by atoms with Crippen molar-refractivity contribution < 1.29 is 19.2 Å². The molecule has 1 aromatic heterocycles. The molecule has 0 bridgehead atoms. The molecule has 0 atom stereocenters. The number of carbonyl (C=O) groups excluding carboxylic acids is 1. The van der Waals surface area contributed by atoms with Gasteiger partial charge in [-0.15, -0.1) is 0 Å². The van der Waals surface area contributed by atoms with E-state index < -0.39 is 10.8 Å². The number of nitro groups is 1. The van der Waals surface area contributed by atoms with Gasteiger partial charge in [-0.25, -0.2) is 0 Å². The minimum absolute atomic E-state index is 0.0300. The summed E-state index contributed by atoms with van der Waals surface area (Å²) < 4.78 is 5.51. The molecule has 0 fully saturated rings. The van der Waals surface area contributed by atoms with Crippen molar-refractivity contribution in [1.29, 1.82) is 0 Å². The van der Waals surface area contributed by atoms with Crippen LogP contribution in [0.4, 0.5) is 11.4 Å². The number of halogens is 2. The molecule has 1 amide bonds. The Kier molecular flexibility index (Phi) is 6.02. The van der Waals surface area contributed by atoms with Crippen LogP contribution in [0.3, 0.4) is 0 Å². The van der Waals surface area contributed by atoms with Crippen LogP contribution in [0.2, 0.25) is 10.0 Å². The third-order valence-corrected chi connectivity index (χ3v) is 4.44. The number of nitrogens with zero attached hydrogens (tertiary/aromatic N) is 1. The van der Waals surface area contributed by atoms with Gasteiger partial charge < -0.3 is 14.8 Å². The number of hydrogen-bond acceptors (Lipinski definition) is 6. The quantitative estimate of drug-likeness (QED) is 0.221. The lowest BCUT2D eigenvalue weighted by atomic mass is 10.2. The van der Waals surface area contributed by atoms with Crippen molar-refractivity contribution in [2.24, 2.45) is 0 Å². The van der Waals surface area contributed by atoms with Crippen molar-refractivity contribution in [3.8, 4) is 17.1 Å². The zero-order chi connectivity index (χ0) is 21.1. The van der Waals surface area contributed by atoms with Crippen LogP contribution in [-0.2, 0) is 0 Å². The Balaban J connectivity index is 1.71.